The van der Waals surface area contributed by atoms with Crippen LogP contribution in [-0.4, -0.2) is 7.05 Å². The maximum atomic E-state index is 13.7. The van der Waals surface area contributed by atoms with Crippen LogP contribution in [0.4, 0.5) is 4.39 Å². The first-order valence-corrected chi connectivity index (χ1v) is 5.80. The van der Waals surface area contributed by atoms with Gasteiger partial charge in [0.15, 0.2) is 0 Å². The van der Waals surface area contributed by atoms with Crippen LogP contribution in [-0.2, 0) is 0 Å². The Balaban J connectivity index is 2.74. The topological polar surface area (TPSA) is 12.0 Å². The molecule has 0 aliphatic rings. The number of unbranched alkanes of at least 4 members (excludes halogenated alkanes) is 1. The molecule has 16 heavy (non-hydrogen) atoms. The van der Waals surface area contributed by atoms with E-state index >= 15 is 0 Å². The molecule has 0 spiro atoms. The largest absolute Gasteiger partial charge is 0.313 e. The fourth-order valence-electron chi connectivity index (χ4n) is 1.71. The van der Waals surface area contributed by atoms with E-state index in [1.54, 1.807) is 12.1 Å². The number of nitrogens with one attached hydrogen (secondary N) is 1. The smallest absolute Gasteiger partial charge is 0.129 e. The minimum atomic E-state index is -0.245. The Bertz CT molecular complexity index is 352. The third kappa shape index (κ3) is 3.62. The fourth-order valence-corrected chi connectivity index (χ4v) is 1.86. The van der Waals surface area contributed by atoms with Crippen LogP contribution in [0.3, 0.4) is 0 Å². The van der Waals surface area contributed by atoms with Gasteiger partial charge in [0.1, 0.15) is 5.82 Å². The van der Waals surface area contributed by atoms with Crippen LogP contribution in [0.5, 0.6) is 0 Å². The van der Waals surface area contributed by atoms with Crippen molar-refractivity contribution in [1.82, 2.24) is 5.32 Å². The molecule has 0 amide bonds. The molecule has 1 N–H and O–H groups in total. The predicted molar refractivity (Wildman–Crippen MR) is 67.3 cm³/mol. The van der Waals surface area contributed by atoms with Gasteiger partial charge in [-0.2, -0.15) is 0 Å². The molecular weight excluding hydrogens is 225 g/mol. The molecule has 0 saturated heterocycles. The van der Waals surface area contributed by atoms with E-state index in [9.17, 15) is 4.39 Å². The second kappa shape index (κ2) is 6.66. The molecule has 1 unspecified atom stereocenters. The molecule has 1 aromatic carbocycles. The molecule has 1 atom stereocenters. The Morgan fingerprint density at radius 3 is 2.88 bits per heavy atom. The summed E-state index contributed by atoms with van der Waals surface area (Å²) in [6, 6.07) is 4.86. The van der Waals surface area contributed by atoms with Gasteiger partial charge in [0, 0.05) is 16.6 Å². The van der Waals surface area contributed by atoms with Crippen molar-refractivity contribution in [2.24, 2.45) is 0 Å². The summed E-state index contributed by atoms with van der Waals surface area (Å²) in [7, 11) is 1.84. The first kappa shape index (κ1) is 13.2. The van der Waals surface area contributed by atoms with Crippen molar-refractivity contribution in [3.05, 3.63) is 47.3 Å². The van der Waals surface area contributed by atoms with E-state index in [-0.39, 0.29) is 11.9 Å². The average molecular weight is 242 g/mol. The SMILES string of the molecule is C=CCCCC(NC)c1ccc(Cl)cc1F. The van der Waals surface area contributed by atoms with Crippen LogP contribution < -0.4 is 5.32 Å². The van der Waals surface area contributed by atoms with E-state index in [1.165, 1.54) is 6.07 Å². The van der Waals surface area contributed by atoms with Gasteiger partial charge in [-0.1, -0.05) is 23.7 Å². The number of hydrogen-bond acceptors (Lipinski definition) is 1. The Hall–Kier alpha value is -0.860. The molecule has 0 fully saturated rings. The minimum absolute atomic E-state index is 0.0391. The standard InChI is InChI=1S/C13H17ClFN/c1-3-4-5-6-13(16-2)11-8-7-10(14)9-12(11)15/h3,7-9,13,16H,1,4-6H2,2H3. The summed E-state index contributed by atoms with van der Waals surface area (Å²) in [5.41, 5.74) is 0.677. The van der Waals surface area contributed by atoms with Crippen LogP contribution >= 0.6 is 11.6 Å². The van der Waals surface area contributed by atoms with Gasteiger partial charge in [-0.15, -0.1) is 6.58 Å². The highest BCUT2D eigenvalue weighted by atomic mass is 35.5. The van der Waals surface area contributed by atoms with Crippen molar-refractivity contribution in [2.45, 2.75) is 25.3 Å². The Kier molecular flexibility index (Phi) is 5.50. The Morgan fingerprint density at radius 1 is 1.56 bits per heavy atom. The predicted octanol–water partition coefficient (Wildman–Crippen LogP) is 4.10. The molecule has 3 heteroatoms. The van der Waals surface area contributed by atoms with Gasteiger partial charge in [0.2, 0.25) is 0 Å². The summed E-state index contributed by atoms with van der Waals surface area (Å²) < 4.78 is 13.7. The molecule has 1 aromatic rings. The molecule has 0 aliphatic carbocycles. The van der Waals surface area contributed by atoms with E-state index in [4.69, 9.17) is 11.6 Å². The van der Waals surface area contributed by atoms with E-state index in [0.717, 1.165) is 19.3 Å². The van der Waals surface area contributed by atoms with Gasteiger partial charge in [0.05, 0.1) is 0 Å². The maximum absolute atomic E-state index is 13.7. The molecule has 0 radical (unpaired) electrons. The van der Waals surface area contributed by atoms with Gasteiger partial charge < -0.3 is 5.32 Å². The van der Waals surface area contributed by atoms with E-state index in [2.05, 4.69) is 11.9 Å². The molecule has 88 valence electrons. The van der Waals surface area contributed by atoms with Gasteiger partial charge in [0.25, 0.3) is 0 Å². The summed E-state index contributed by atoms with van der Waals surface area (Å²) in [5.74, 6) is -0.245. The van der Waals surface area contributed by atoms with Crippen molar-refractivity contribution in [3.63, 3.8) is 0 Å². The van der Waals surface area contributed by atoms with E-state index in [0.29, 0.717) is 10.6 Å². The Morgan fingerprint density at radius 2 is 2.31 bits per heavy atom. The summed E-state index contributed by atoms with van der Waals surface area (Å²) in [6.45, 7) is 3.67. The normalized spacial score (nSPS) is 12.4. The molecule has 0 saturated carbocycles. The zero-order valence-corrected chi connectivity index (χ0v) is 10.2. The summed E-state index contributed by atoms with van der Waals surface area (Å²) in [6.07, 6.45) is 4.72. The number of rotatable bonds is 6. The van der Waals surface area contributed by atoms with Crippen LogP contribution in [0, 0.1) is 5.82 Å². The summed E-state index contributed by atoms with van der Waals surface area (Å²) >= 11 is 5.72. The average Bonchev–Trinajstić information content (AvgIpc) is 2.26. The third-order valence-electron chi connectivity index (χ3n) is 2.59. The zero-order chi connectivity index (χ0) is 12.0. The quantitative estimate of drug-likeness (QED) is 0.584. The zero-order valence-electron chi connectivity index (χ0n) is 9.47. The highest BCUT2D eigenvalue weighted by Gasteiger charge is 2.13. The Labute approximate surface area is 101 Å². The van der Waals surface area contributed by atoms with Crippen molar-refractivity contribution in [2.75, 3.05) is 7.05 Å². The van der Waals surface area contributed by atoms with Crippen LogP contribution in [0.1, 0.15) is 30.9 Å². The monoisotopic (exact) mass is 241 g/mol. The lowest BCUT2D eigenvalue weighted by Crippen LogP contribution is -2.17. The molecular formula is C13H17ClFN. The molecule has 0 heterocycles. The van der Waals surface area contributed by atoms with Crippen molar-refractivity contribution in [3.8, 4) is 0 Å². The lowest BCUT2D eigenvalue weighted by molar-refractivity contribution is 0.496. The summed E-state index contributed by atoms with van der Waals surface area (Å²) in [5, 5.41) is 3.55. The second-order valence-corrected chi connectivity index (χ2v) is 4.16. The summed E-state index contributed by atoms with van der Waals surface area (Å²) in [4.78, 5) is 0. The van der Waals surface area contributed by atoms with Crippen molar-refractivity contribution in [1.29, 1.82) is 0 Å². The second-order valence-electron chi connectivity index (χ2n) is 3.73. The highest BCUT2D eigenvalue weighted by Crippen LogP contribution is 2.24. The molecule has 1 nitrogen and oxygen atoms in total. The van der Waals surface area contributed by atoms with E-state index in [1.807, 2.05) is 13.1 Å². The number of allylic oxidation sites excluding steroid dienone is 1. The number of benzene rings is 1. The van der Waals surface area contributed by atoms with Gasteiger partial charge in [-0.05, 0) is 38.4 Å². The molecule has 0 bridgehead atoms. The first-order valence-electron chi connectivity index (χ1n) is 5.42. The highest BCUT2D eigenvalue weighted by molar-refractivity contribution is 6.30. The molecule has 1 rings (SSSR count). The van der Waals surface area contributed by atoms with E-state index < -0.39 is 0 Å². The molecule has 0 aromatic heterocycles. The fraction of sp³-hybridized carbons (Fsp3) is 0.385. The van der Waals surface area contributed by atoms with Crippen molar-refractivity contribution >= 4 is 11.6 Å². The minimum Gasteiger partial charge on any atom is -0.313 e. The van der Waals surface area contributed by atoms with Crippen LogP contribution in [0.2, 0.25) is 5.02 Å². The van der Waals surface area contributed by atoms with Crippen LogP contribution in [0.25, 0.3) is 0 Å². The third-order valence-corrected chi connectivity index (χ3v) is 2.82. The van der Waals surface area contributed by atoms with Gasteiger partial charge >= 0.3 is 0 Å². The first-order chi connectivity index (χ1) is 7.69. The van der Waals surface area contributed by atoms with Gasteiger partial charge in [-0.25, -0.2) is 4.39 Å². The molecule has 0 aliphatic heterocycles. The van der Waals surface area contributed by atoms with Crippen molar-refractivity contribution < 1.29 is 4.39 Å². The lowest BCUT2D eigenvalue weighted by Gasteiger charge is -2.17. The number of halogens is 2. The van der Waals surface area contributed by atoms with Gasteiger partial charge in [-0.3, -0.25) is 0 Å². The van der Waals surface area contributed by atoms with Crippen LogP contribution in [0.15, 0.2) is 30.9 Å². The maximum Gasteiger partial charge on any atom is 0.129 e. The number of hydrogen-bond donors (Lipinski definition) is 1. The lowest BCUT2D eigenvalue weighted by atomic mass is 10.0.